The number of hydrogen-bond acceptors (Lipinski definition) is 4. The van der Waals surface area contributed by atoms with Crippen LogP contribution in [-0.2, 0) is 16.0 Å². The van der Waals surface area contributed by atoms with Crippen LogP contribution in [0.1, 0.15) is 38.2 Å². The van der Waals surface area contributed by atoms with Crippen molar-refractivity contribution < 1.29 is 19.0 Å². The van der Waals surface area contributed by atoms with Gasteiger partial charge in [-0.05, 0) is 37.8 Å². The van der Waals surface area contributed by atoms with Crippen molar-refractivity contribution in [3.05, 3.63) is 23.8 Å². The number of para-hydroxylation sites is 1. The van der Waals surface area contributed by atoms with Gasteiger partial charge >= 0.3 is 5.97 Å². The molecule has 0 amide bonds. The summed E-state index contributed by atoms with van der Waals surface area (Å²) in [5.74, 6) is 1.46. The summed E-state index contributed by atoms with van der Waals surface area (Å²) in [5.41, 5.74) is 1.14. The third-order valence-electron chi connectivity index (χ3n) is 3.12. The maximum Gasteiger partial charge on any atom is 0.305 e. The fourth-order valence-corrected chi connectivity index (χ4v) is 2.15. The van der Waals surface area contributed by atoms with Crippen molar-refractivity contribution in [2.75, 3.05) is 20.8 Å². The molecule has 0 unspecified atom stereocenters. The van der Waals surface area contributed by atoms with Gasteiger partial charge in [-0.2, -0.15) is 0 Å². The van der Waals surface area contributed by atoms with E-state index in [1.54, 1.807) is 14.2 Å². The molecule has 1 aromatic rings. The summed E-state index contributed by atoms with van der Waals surface area (Å²) < 4.78 is 15.6. The van der Waals surface area contributed by atoms with Gasteiger partial charge in [0.1, 0.15) is 0 Å². The number of aryl methyl sites for hydroxylation is 1. The van der Waals surface area contributed by atoms with Gasteiger partial charge in [-0.3, -0.25) is 4.79 Å². The summed E-state index contributed by atoms with van der Waals surface area (Å²) in [4.78, 5) is 11.2. The highest BCUT2D eigenvalue weighted by Crippen LogP contribution is 2.31. The summed E-state index contributed by atoms with van der Waals surface area (Å²) in [6.07, 6.45) is 4.31. The second kappa shape index (κ2) is 9.23. The van der Waals surface area contributed by atoms with Gasteiger partial charge in [0.2, 0.25) is 0 Å². The Morgan fingerprint density at radius 1 is 1.10 bits per heavy atom. The van der Waals surface area contributed by atoms with Gasteiger partial charge in [0, 0.05) is 6.42 Å². The highest BCUT2D eigenvalue weighted by atomic mass is 16.5. The zero-order chi connectivity index (χ0) is 14.8. The van der Waals surface area contributed by atoms with Crippen LogP contribution in [0.15, 0.2) is 18.2 Å². The molecule has 4 heteroatoms. The highest BCUT2D eigenvalue weighted by molar-refractivity contribution is 5.69. The van der Waals surface area contributed by atoms with E-state index in [1.165, 1.54) is 0 Å². The lowest BCUT2D eigenvalue weighted by Crippen LogP contribution is -2.03. The minimum atomic E-state index is -0.105. The Morgan fingerprint density at radius 3 is 2.55 bits per heavy atom. The number of hydrogen-bond donors (Lipinski definition) is 0. The van der Waals surface area contributed by atoms with Crippen LogP contribution in [0.25, 0.3) is 0 Å². The monoisotopic (exact) mass is 280 g/mol. The average Bonchev–Trinajstić information content (AvgIpc) is 2.46. The lowest BCUT2D eigenvalue weighted by atomic mass is 10.0. The SMILES string of the molecule is CCOC(=O)CCCCCc1cccc(OC)c1OC. The van der Waals surface area contributed by atoms with Crippen LogP contribution in [0.3, 0.4) is 0 Å². The van der Waals surface area contributed by atoms with E-state index in [4.69, 9.17) is 14.2 Å². The van der Waals surface area contributed by atoms with Gasteiger partial charge in [-0.1, -0.05) is 18.6 Å². The van der Waals surface area contributed by atoms with Gasteiger partial charge in [0.15, 0.2) is 11.5 Å². The number of carbonyl (C=O) groups is 1. The number of carbonyl (C=O) groups excluding carboxylic acids is 1. The number of benzene rings is 1. The van der Waals surface area contributed by atoms with Crippen LogP contribution >= 0.6 is 0 Å². The first kappa shape index (κ1) is 16.3. The second-order valence-electron chi connectivity index (χ2n) is 4.52. The third kappa shape index (κ3) is 5.11. The topological polar surface area (TPSA) is 44.8 Å². The molecule has 0 aromatic heterocycles. The molecule has 0 saturated heterocycles. The molecular formula is C16H24O4. The van der Waals surface area contributed by atoms with E-state index >= 15 is 0 Å². The maximum absolute atomic E-state index is 11.2. The summed E-state index contributed by atoms with van der Waals surface area (Å²) in [5, 5.41) is 0. The Kier molecular flexibility index (Phi) is 7.55. The minimum absolute atomic E-state index is 0.105. The molecule has 0 aliphatic carbocycles. The van der Waals surface area contributed by atoms with Crippen molar-refractivity contribution in [2.24, 2.45) is 0 Å². The largest absolute Gasteiger partial charge is 0.493 e. The number of esters is 1. The van der Waals surface area contributed by atoms with Crippen LogP contribution in [0.2, 0.25) is 0 Å². The summed E-state index contributed by atoms with van der Waals surface area (Å²) in [7, 11) is 3.29. The van der Waals surface area contributed by atoms with Crippen LogP contribution in [0.4, 0.5) is 0 Å². The van der Waals surface area contributed by atoms with E-state index in [-0.39, 0.29) is 5.97 Å². The van der Waals surface area contributed by atoms with Gasteiger partial charge in [0.05, 0.1) is 20.8 Å². The minimum Gasteiger partial charge on any atom is -0.493 e. The van der Waals surface area contributed by atoms with Gasteiger partial charge < -0.3 is 14.2 Å². The molecule has 4 nitrogen and oxygen atoms in total. The molecule has 0 saturated carbocycles. The van der Waals surface area contributed by atoms with E-state index in [1.807, 2.05) is 25.1 Å². The first-order valence-electron chi connectivity index (χ1n) is 7.08. The van der Waals surface area contributed by atoms with E-state index in [2.05, 4.69) is 0 Å². The average molecular weight is 280 g/mol. The molecule has 0 aliphatic heterocycles. The lowest BCUT2D eigenvalue weighted by Gasteiger charge is -2.12. The summed E-state index contributed by atoms with van der Waals surface area (Å²) in [6.45, 7) is 2.28. The third-order valence-corrected chi connectivity index (χ3v) is 3.12. The van der Waals surface area contributed by atoms with Gasteiger partial charge in [-0.25, -0.2) is 0 Å². The molecule has 0 N–H and O–H groups in total. The van der Waals surface area contributed by atoms with Gasteiger partial charge in [-0.15, -0.1) is 0 Å². The molecule has 1 aromatic carbocycles. The molecule has 0 bridgehead atoms. The molecular weight excluding hydrogens is 256 g/mol. The van der Waals surface area contributed by atoms with Crippen LogP contribution in [0.5, 0.6) is 11.5 Å². The molecule has 0 fully saturated rings. The van der Waals surface area contributed by atoms with Crippen molar-refractivity contribution >= 4 is 5.97 Å². The Hall–Kier alpha value is -1.71. The van der Waals surface area contributed by atoms with E-state index in [9.17, 15) is 4.79 Å². The van der Waals surface area contributed by atoms with E-state index < -0.39 is 0 Å². The van der Waals surface area contributed by atoms with Crippen molar-refractivity contribution in [3.8, 4) is 11.5 Å². The number of methoxy groups -OCH3 is 2. The number of rotatable bonds is 9. The molecule has 1 rings (SSSR count). The van der Waals surface area contributed by atoms with Crippen molar-refractivity contribution in [2.45, 2.75) is 39.0 Å². The second-order valence-corrected chi connectivity index (χ2v) is 4.52. The van der Waals surface area contributed by atoms with Crippen LogP contribution in [-0.4, -0.2) is 26.8 Å². The number of ether oxygens (including phenoxy) is 3. The Bertz CT molecular complexity index is 415. The fraction of sp³-hybridized carbons (Fsp3) is 0.562. The summed E-state index contributed by atoms with van der Waals surface area (Å²) >= 11 is 0. The lowest BCUT2D eigenvalue weighted by molar-refractivity contribution is -0.143. The molecule has 112 valence electrons. The van der Waals surface area contributed by atoms with E-state index in [0.717, 1.165) is 42.7 Å². The molecule has 0 atom stereocenters. The maximum atomic E-state index is 11.2. The van der Waals surface area contributed by atoms with Crippen LogP contribution in [0, 0.1) is 0 Å². The molecule has 0 spiro atoms. The fourth-order valence-electron chi connectivity index (χ4n) is 2.15. The zero-order valence-electron chi connectivity index (χ0n) is 12.6. The van der Waals surface area contributed by atoms with Crippen LogP contribution < -0.4 is 9.47 Å². The van der Waals surface area contributed by atoms with Crippen molar-refractivity contribution in [1.29, 1.82) is 0 Å². The molecule has 0 radical (unpaired) electrons. The molecule has 20 heavy (non-hydrogen) atoms. The number of unbranched alkanes of at least 4 members (excludes halogenated alkanes) is 2. The zero-order valence-corrected chi connectivity index (χ0v) is 12.6. The Balaban J connectivity index is 2.37. The normalized spacial score (nSPS) is 10.2. The smallest absolute Gasteiger partial charge is 0.305 e. The quantitative estimate of drug-likeness (QED) is 0.514. The summed E-state index contributed by atoms with van der Waals surface area (Å²) in [6, 6.07) is 5.91. The molecule has 0 aliphatic rings. The standard InChI is InChI=1S/C16H24O4/c1-4-20-15(17)12-7-5-6-9-13-10-8-11-14(18-2)16(13)19-3/h8,10-11H,4-7,9,12H2,1-3H3. The van der Waals surface area contributed by atoms with E-state index in [0.29, 0.717) is 13.0 Å². The Labute approximate surface area is 121 Å². The first-order valence-corrected chi connectivity index (χ1v) is 7.08. The predicted molar refractivity (Wildman–Crippen MR) is 78.4 cm³/mol. The first-order chi connectivity index (χ1) is 9.72. The van der Waals surface area contributed by atoms with Gasteiger partial charge in [0.25, 0.3) is 0 Å². The van der Waals surface area contributed by atoms with Crippen molar-refractivity contribution in [3.63, 3.8) is 0 Å². The Morgan fingerprint density at radius 2 is 1.90 bits per heavy atom. The molecule has 0 heterocycles. The highest BCUT2D eigenvalue weighted by Gasteiger charge is 2.09. The van der Waals surface area contributed by atoms with Crippen molar-refractivity contribution in [1.82, 2.24) is 0 Å². The predicted octanol–water partition coefficient (Wildman–Crippen LogP) is 3.37.